The summed E-state index contributed by atoms with van der Waals surface area (Å²) in [6.45, 7) is 6.32. The largest absolute Gasteiger partial charge is 0.476 e. The van der Waals surface area contributed by atoms with E-state index >= 15 is 0 Å². The summed E-state index contributed by atoms with van der Waals surface area (Å²) in [7, 11) is -2.15. The first-order chi connectivity index (χ1) is 17.3. The quantitative estimate of drug-likeness (QED) is 0.336. The van der Waals surface area contributed by atoms with Gasteiger partial charge in [-0.2, -0.15) is 0 Å². The van der Waals surface area contributed by atoms with Crippen LogP contribution in [-0.2, 0) is 9.71 Å². The first-order valence-corrected chi connectivity index (χ1v) is 14.2. The van der Waals surface area contributed by atoms with Crippen LogP contribution >= 0.6 is 11.6 Å². The van der Waals surface area contributed by atoms with Gasteiger partial charge >= 0.3 is 0 Å². The Bertz CT molecular complexity index is 1480. The fourth-order valence-corrected chi connectivity index (χ4v) is 5.54. The second-order valence-electron chi connectivity index (χ2n) is 8.96. The van der Waals surface area contributed by atoms with Gasteiger partial charge in [0.05, 0.1) is 28.5 Å². The third kappa shape index (κ3) is 5.24. The van der Waals surface area contributed by atoms with Crippen molar-refractivity contribution in [3.05, 3.63) is 47.6 Å². The second-order valence-corrected chi connectivity index (χ2v) is 11.8. The van der Waals surface area contributed by atoms with Crippen LogP contribution in [0.2, 0.25) is 5.02 Å². The first kappa shape index (κ1) is 24.7. The molecule has 0 bridgehead atoms. The van der Waals surface area contributed by atoms with Gasteiger partial charge in [-0.3, -0.25) is 9.11 Å². The van der Waals surface area contributed by atoms with Crippen molar-refractivity contribution in [3.8, 4) is 5.88 Å². The predicted molar refractivity (Wildman–Crippen MR) is 145 cm³/mol. The number of nitrogens with zero attached hydrogens (tertiary/aromatic N) is 6. The van der Waals surface area contributed by atoms with Gasteiger partial charge in [0.1, 0.15) is 18.5 Å². The van der Waals surface area contributed by atoms with Gasteiger partial charge < -0.3 is 15.0 Å². The molecule has 4 heterocycles. The second kappa shape index (κ2) is 10.2. The number of pyridine rings is 1. The number of aromatic nitrogens is 5. The molecule has 3 aromatic heterocycles. The number of benzene rings is 1. The molecule has 1 unspecified atom stereocenters. The minimum Gasteiger partial charge on any atom is -0.476 e. The Morgan fingerprint density at radius 2 is 2.06 bits per heavy atom. The van der Waals surface area contributed by atoms with E-state index in [1.807, 2.05) is 35.5 Å². The SMILES string of the molecule is C=S(C)(=O)N1CCN(CCOc2nc([C@H](C)Nc3ncnc4nc[nH]c34)cc3cccc(Cl)c23)CC1. The molecule has 5 rings (SSSR count). The minimum absolute atomic E-state index is 0.170. The Balaban J connectivity index is 1.32. The molecular formula is C24H29ClN8O2S. The molecule has 1 saturated heterocycles. The highest BCUT2D eigenvalue weighted by molar-refractivity contribution is 7.97. The van der Waals surface area contributed by atoms with E-state index in [2.05, 4.69) is 36.0 Å². The number of hydrogen-bond donors (Lipinski definition) is 2. The maximum atomic E-state index is 12.2. The van der Waals surface area contributed by atoms with Gasteiger partial charge in [0, 0.05) is 48.7 Å². The average Bonchev–Trinajstić information content (AvgIpc) is 3.34. The lowest BCUT2D eigenvalue weighted by Crippen LogP contribution is -2.49. The monoisotopic (exact) mass is 528 g/mol. The summed E-state index contributed by atoms with van der Waals surface area (Å²) in [5, 5.41) is 5.74. The number of anilines is 1. The molecule has 12 heteroatoms. The Labute approximate surface area is 215 Å². The Hall–Kier alpha value is -2.99. The topological polar surface area (TPSA) is 112 Å². The summed E-state index contributed by atoms with van der Waals surface area (Å²) in [4.78, 5) is 22.9. The smallest absolute Gasteiger partial charge is 0.223 e. The van der Waals surface area contributed by atoms with E-state index in [-0.39, 0.29) is 6.04 Å². The highest BCUT2D eigenvalue weighted by Crippen LogP contribution is 2.33. The van der Waals surface area contributed by atoms with Crippen LogP contribution in [0.5, 0.6) is 5.88 Å². The van der Waals surface area contributed by atoms with Gasteiger partial charge in [-0.05, 0) is 30.3 Å². The maximum absolute atomic E-state index is 12.2. The molecule has 190 valence electrons. The van der Waals surface area contributed by atoms with Crippen molar-refractivity contribution >= 4 is 54.9 Å². The maximum Gasteiger partial charge on any atom is 0.223 e. The number of imidazole rings is 1. The standard InChI is InChI=1S/C24H29ClN8O2S/c1-16(30-23-21-22(27-14-26-21)28-15-29-23)19-13-17-5-4-6-18(25)20(17)24(31-19)35-12-11-32-7-9-33(10-8-32)36(2,3)34/h4-6,13-16H,2,7-12H2,1,3H3,(H2,26,27,28,29,30)/t16-,36?/m0/s1. The average molecular weight is 529 g/mol. The van der Waals surface area contributed by atoms with Gasteiger partial charge in [0.25, 0.3) is 0 Å². The van der Waals surface area contributed by atoms with E-state index in [1.165, 1.54) is 6.33 Å². The molecule has 2 N–H and O–H groups in total. The van der Waals surface area contributed by atoms with E-state index in [0.717, 1.165) is 54.7 Å². The van der Waals surface area contributed by atoms with Crippen molar-refractivity contribution in [2.75, 3.05) is 50.9 Å². The zero-order valence-electron chi connectivity index (χ0n) is 20.3. The molecule has 1 aliphatic heterocycles. The lowest BCUT2D eigenvalue weighted by Gasteiger charge is -2.34. The first-order valence-electron chi connectivity index (χ1n) is 11.7. The molecule has 1 aliphatic rings. The van der Waals surface area contributed by atoms with E-state index in [0.29, 0.717) is 29.0 Å². The number of hydrogen-bond acceptors (Lipinski definition) is 8. The summed E-state index contributed by atoms with van der Waals surface area (Å²) in [5.74, 6) is 4.95. The number of H-pyrrole nitrogens is 1. The lowest BCUT2D eigenvalue weighted by molar-refractivity contribution is 0.160. The van der Waals surface area contributed by atoms with Gasteiger partial charge in [-0.1, -0.05) is 23.7 Å². The van der Waals surface area contributed by atoms with Crippen molar-refractivity contribution in [1.29, 1.82) is 0 Å². The van der Waals surface area contributed by atoms with Crippen LogP contribution in [0.3, 0.4) is 0 Å². The van der Waals surface area contributed by atoms with Crippen LogP contribution in [0.25, 0.3) is 21.9 Å². The number of rotatable bonds is 8. The van der Waals surface area contributed by atoms with Crippen LogP contribution in [-0.4, -0.2) is 89.8 Å². The Morgan fingerprint density at radius 1 is 1.25 bits per heavy atom. The minimum atomic E-state index is -2.15. The molecule has 36 heavy (non-hydrogen) atoms. The van der Waals surface area contributed by atoms with Crippen molar-refractivity contribution in [3.63, 3.8) is 0 Å². The molecular weight excluding hydrogens is 500 g/mol. The number of ether oxygens (including phenoxy) is 1. The summed E-state index contributed by atoms with van der Waals surface area (Å²) < 4.78 is 20.3. The van der Waals surface area contributed by atoms with Crippen LogP contribution in [0, 0.1) is 0 Å². The molecule has 0 spiro atoms. The van der Waals surface area contributed by atoms with Gasteiger partial charge in [-0.15, -0.1) is 0 Å². The van der Waals surface area contributed by atoms with Crippen molar-refractivity contribution < 1.29 is 8.95 Å². The predicted octanol–water partition coefficient (Wildman–Crippen LogP) is 2.99. The highest BCUT2D eigenvalue weighted by Gasteiger charge is 2.21. The highest BCUT2D eigenvalue weighted by atomic mass is 35.5. The van der Waals surface area contributed by atoms with E-state index in [1.54, 1.807) is 12.6 Å². The number of aromatic amines is 1. The molecule has 1 fully saturated rings. The Kier molecular flexibility index (Phi) is 6.98. The zero-order valence-corrected chi connectivity index (χ0v) is 21.8. The summed E-state index contributed by atoms with van der Waals surface area (Å²) in [5.41, 5.74) is 2.13. The molecule has 2 atom stereocenters. The molecule has 4 aromatic rings. The lowest BCUT2D eigenvalue weighted by atomic mass is 10.1. The fraction of sp³-hybridized carbons (Fsp3) is 0.375. The molecule has 0 aliphatic carbocycles. The molecule has 0 amide bonds. The summed E-state index contributed by atoms with van der Waals surface area (Å²) in [6.07, 6.45) is 4.77. The zero-order chi connectivity index (χ0) is 25.3. The third-order valence-electron chi connectivity index (χ3n) is 6.34. The van der Waals surface area contributed by atoms with Crippen LogP contribution in [0.15, 0.2) is 36.9 Å². The van der Waals surface area contributed by atoms with Gasteiger partial charge in [-0.25, -0.2) is 24.2 Å². The van der Waals surface area contributed by atoms with Crippen LogP contribution < -0.4 is 10.1 Å². The summed E-state index contributed by atoms with van der Waals surface area (Å²) in [6, 6.07) is 7.61. The van der Waals surface area contributed by atoms with Crippen molar-refractivity contribution in [2.45, 2.75) is 13.0 Å². The Morgan fingerprint density at radius 3 is 2.83 bits per heavy atom. The third-order valence-corrected chi connectivity index (χ3v) is 8.11. The van der Waals surface area contributed by atoms with Crippen molar-refractivity contribution in [1.82, 2.24) is 34.1 Å². The molecule has 0 radical (unpaired) electrons. The van der Waals surface area contributed by atoms with Gasteiger partial charge in [0.15, 0.2) is 11.5 Å². The number of piperazine rings is 1. The van der Waals surface area contributed by atoms with E-state index in [9.17, 15) is 4.21 Å². The molecule has 10 nitrogen and oxygen atoms in total. The van der Waals surface area contributed by atoms with Crippen molar-refractivity contribution in [2.24, 2.45) is 0 Å². The number of halogens is 1. The van der Waals surface area contributed by atoms with Crippen LogP contribution in [0.1, 0.15) is 18.7 Å². The number of fused-ring (bicyclic) bond motifs is 2. The normalized spacial score (nSPS) is 17.8. The fourth-order valence-electron chi connectivity index (χ4n) is 4.34. The van der Waals surface area contributed by atoms with E-state index < -0.39 is 9.71 Å². The van der Waals surface area contributed by atoms with Crippen LogP contribution in [0.4, 0.5) is 5.82 Å². The van der Waals surface area contributed by atoms with Gasteiger partial charge in [0.2, 0.25) is 5.88 Å². The summed E-state index contributed by atoms with van der Waals surface area (Å²) >= 11 is 6.55. The molecule has 1 aromatic carbocycles. The molecule has 0 saturated carbocycles. The number of nitrogens with one attached hydrogen (secondary N) is 2. The van der Waals surface area contributed by atoms with E-state index in [4.69, 9.17) is 21.3 Å².